The fourth-order valence-corrected chi connectivity index (χ4v) is 3.44. The van der Waals surface area contributed by atoms with Gasteiger partial charge in [-0.15, -0.1) is 0 Å². The van der Waals surface area contributed by atoms with E-state index in [1.54, 1.807) is 19.2 Å². The Labute approximate surface area is 211 Å². The number of alkyl halides is 3. The van der Waals surface area contributed by atoms with Crippen LogP contribution < -0.4 is 11.1 Å². The summed E-state index contributed by atoms with van der Waals surface area (Å²) in [5.74, 6) is 0.267. The van der Waals surface area contributed by atoms with Crippen LogP contribution in [0.5, 0.6) is 0 Å². The topological polar surface area (TPSA) is 63.8 Å². The first-order valence-corrected chi connectivity index (χ1v) is 12.0. The van der Waals surface area contributed by atoms with Gasteiger partial charge >= 0.3 is 6.18 Å². The van der Waals surface area contributed by atoms with E-state index < -0.39 is 11.7 Å². The van der Waals surface area contributed by atoms with E-state index in [1.807, 2.05) is 62.4 Å². The molecule has 0 amide bonds. The van der Waals surface area contributed by atoms with E-state index in [4.69, 9.17) is 5.73 Å². The Hall–Kier alpha value is -3.87. The SMILES string of the molecule is CC.CCCc1ccccc1N.CNc1nc(-c2ccccc2)cc(-c2ccccc2C(F)(F)F)n1. The van der Waals surface area contributed by atoms with E-state index in [-0.39, 0.29) is 17.2 Å². The van der Waals surface area contributed by atoms with Crippen molar-refractivity contribution in [1.29, 1.82) is 0 Å². The molecule has 4 aromatic rings. The summed E-state index contributed by atoms with van der Waals surface area (Å²) in [4.78, 5) is 8.54. The third-order valence-electron chi connectivity index (χ3n) is 5.10. The van der Waals surface area contributed by atoms with Gasteiger partial charge in [0.2, 0.25) is 5.95 Å². The van der Waals surface area contributed by atoms with Crippen molar-refractivity contribution in [1.82, 2.24) is 9.97 Å². The maximum Gasteiger partial charge on any atom is 0.417 e. The van der Waals surface area contributed by atoms with Crippen LogP contribution in [0, 0.1) is 0 Å². The molecule has 3 aromatic carbocycles. The first-order chi connectivity index (χ1) is 17.3. The fraction of sp³-hybridized carbons (Fsp3) is 0.241. The molecule has 1 heterocycles. The molecule has 0 bridgehead atoms. The van der Waals surface area contributed by atoms with Crippen molar-refractivity contribution in [2.45, 2.75) is 39.8 Å². The Morgan fingerprint density at radius 1 is 0.806 bits per heavy atom. The van der Waals surface area contributed by atoms with Crippen LogP contribution >= 0.6 is 0 Å². The number of hydrogen-bond donors (Lipinski definition) is 2. The number of hydrogen-bond acceptors (Lipinski definition) is 4. The highest BCUT2D eigenvalue weighted by molar-refractivity contribution is 5.71. The van der Waals surface area contributed by atoms with Crippen LogP contribution in [0.1, 0.15) is 38.3 Å². The Morgan fingerprint density at radius 3 is 2.00 bits per heavy atom. The van der Waals surface area contributed by atoms with E-state index in [1.165, 1.54) is 17.7 Å². The predicted molar refractivity (Wildman–Crippen MR) is 144 cm³/mol. The van der Waals surface area contributed by atoms with Gasteiger partial charge in [-0.1, -0.05) is 93.9 Å². The van der Waals surface area contributed by atoms with Crippen molar-refractivity contribution in [2.24, 2.45) is 0 Å². The third kappa shape index (κ3) is 7.83. The van der Waals surface area contributed by atoms with E-state index in [2.05, 4.69) is 28.3 Å². The number of halogens is 3. The molecule has 4 nitrogen and oxygen atoms in total. The molecule has 0 radical (unpaired) electrons. The molecule has 36 heavy (non-hydrogen) atoms. The minimum atomic E-state index is -4.45. The molecule has 0 unspecified atom stereocenters. The molecule has 0 saturated heterocycles. The number of aryl methyl sites for hydroxylation is 1. The van der Waals surface area contributed by atoms with Gasteiger partial charge in [-0.3, -0.25) is 0 Å². The van der Waals surface area contributed by atoms with Gasteiger partial charge < -0.3 is 11.1 Å². The Balaban J connectivity index is 0.000000318. The minimum absolute atomic E-state index is 0.0288. The van der Waals surface area contributed by atoms with E-state index in [9.17, 15) is 13.2 Å². The third-order valence-corrected chi connectivity index (χ3v) is 5.10. The van der Waals surface area contributed by atoms with Crippen LogP contribution in [0.2, 0.25) is 0 Å². The lowest BCUT2D eigenvalue weighted by Crippen LogP contribution is -2.08. The summed E-state index contributed by atoms with van der Waals surface area (Å²) in [6.07, 6.45) is -2.20. The average Bonchev–Trinajstić information content (AvgIpc) is 2.91. The summed E-state index contributed by atoms with van der Waals surface area (Å²) < 4.78 is 39.8. The van der Waals surface area contributed by atoms with Gasteiger partial charge in [-0.2, -0.15) is 13.2 Å². The fourth-order valence-electron chi connectivity index (χ4n) is 3.44. The molecule has 0 atom stereocenters. The molecule has 0 aliphatic carbocycles. The lowest BCUT2D eigenvalue weighted by molar-refractivity contribution is -0.137. The number of nitrogens with two attached hydrogens (primary N) is 1. The van der Waals surface area contributed by atoms with Gasteiger partial charge in [0.25, 0.3) is 0 Å². The summed E-state index contributed by atoms with van der Waals surface area (Å²) in [6, 6.07) is 24.3. The second-order valence-corrected chi connectivity index (χ2v) is 7.57. The van der Waals surface area contributed by atoms with Crippen LogP contribution in [-0.2, 0) is 12.6 Å². The van der Waals surface area contributed by atoms with E-state index in [0.29, 0.717) is 5.69 Å². The molecule has 1 aromatic heterocycles. The molecule has 0 aliphatic rings. The maximum atomic E-state index is 13.3. The molecule has 0 aliphatic heterocycles. The number of para-hydroxylation sites is 1. The number of nitrogens with zero attached hydrogens (tertiary/aromatic N) is 2. The van der Waals surface area contributed by atoms with Crippen molar-refractivity contribution in [2.75, 3.05) is 18.1 Å². The lowest BCUT2D eigenvalue weighted by Gasteiger charge is -2.14. The molecule has 0 saturated carbocycles. The zero-order chi connectivity index (χ0) is 26.6. The zero-order valence-corrected chi connectivity index (χ0v) is 21.1. The molecule has 7 heteroatoms. The maximum absolute atomic E-state index is 13.3. The second kappa shape index (κ2) is 13.9. The summed E-state index contributed by atoms with van der Waals surface area (Å²) in [5.41, 5.74) is 8.79. The number of rotatable bonds is 5. The van der Waals surface area contributed by atoms with Gasteiger partial charge in [0, 0.05) is 23.9 Å². The smallest absolute Gasteiger partial charge is 0.399 e. The van der Waals surface area contributed by atoms with Gasteiger partial charge in [0.15, 0.2) is 0 Å². The monoisotopic (exact) mass is 494 g/mol. The summed E-state index contributed by atoms with van der Waals surface area (Å²) in [7, 11) is 1.63. The standard InChI is InChI=1S/C18H14F3N3.C9H13N.C2H6/c1-22-17-23-15(12-7-3-2-4-8-12)11-16(24-17)13-9-5-6-10-14(13)18(19,20)21;1-2-5-8-6-3-4-7-9(8)10;1-2/h2-11H,1H3,(H,22,23,24);3-4,6-7H,2,5,10H2,1H3;1-2H3. The number of benzene rings is 3. The van der Waals surface area contributed by atoms with Crippen molar-refractivity contribution in [3.8, 4) is 22.5 Å². The summed E-state index contributed by atoms with van der Waals surface area (Å²) in [6.45, 7) is 6.16. The molecule has 190 valence electrons. The summed E-state index contributed by atoms with van der Waals surface area (Å²) in [5, 5.41) is 2.80. The average molecular weight is 495 g/mol. The zero-order valence-electron chi connectivity index (χ0n) is 21.1. The Morgan fingerprint density at radius 2 is 1.39 bits per heavy atom. The minimum Gasteiger partial charge on any atom is -0.399 e. The first kappa shape index (κ1) is 28.4. The summed E-state index contributed by atoms with van der Waals surface area (Å²) >= 11 is 0. The van der Waals surface area contributed by atoms with Gasteiger partial charge in [0.05, 0.1) is 17.0 Å². The van der Waals surface area contributed by atoms with Crippen LogP contribution in [0.4, 0.5) is 24.8 Å². The van der Waals surface area contributed by atoms with E-state index in [0.717, 1.165) is 30.2 Å². The molecule has 0 fully saturated rings. The number of anilines is 2. The normalized spacial score (nSPS) is 10.4. The molecular weight excluding hydrogens is 461 g/mol. The molecular formula is C29H33F3N4. The van der Waals surface area contributed by atoms with Crippen molar-refractivity contribution in [3.63, 3.8) is 0 Å². The predicted octanol–water partition coefficient (Wildman–Crippen LogP) is 8.12. The number of aromatic nitrogens is 2. The molecule has 0 spiro atoms. The van der Waals surface area contributed by atoms with Crippen LogP contribution in [0.15, 0.2) is 84.9 Å². The Kier molecular flexibility index (Phi) is 10.9. The van der Waals surface area contributed by atoms with Crippen molar-refractivity contribution in [3.05, 3.63) is 96.1 Å². The highest BCUT2D eigenvalue weighted by atomic mass is 19.4. The largest absolute Gasteiger partial charge is 0.417 e. The van der Waals surface area contributed by atoms with Gasteiger partial charge in [-0.05, 0) is 30.2 Å². The second-order valence-electron chi connectivity index (χ2n) is 7.57. The highest BCUT2D eigenvalue weighted by Gasteiger charge is 2.33. The highest BCUT2D eigenvalue weighted by Crippen LogP contribution is 2.37. The van der Waals surface area contributed by atoms with Gasteiger partial charge in [0.1, 0.15) is 0 Å². The van der Waals surface area contributed by atoms with Crippen LogP contribution in [0.25, 0.3) is 22.5 Å². The quantitative estimate of drug-likeness (QED) is 0.275. The lowest BCUT2D eigenvalue weighted by atomic mass is 10.0. The molecule has 4 rings (SSSR count). The Bertz CT molecular complexity index is 1210. The van der Waals surface area contributed by atoms with Crippen LogP contribution in [0.3, 0.4) is 0 Å². The molecule has 3 N–H and O–H groups in total. The van der Waals surface area contributed by atoms with Gasteiger partial charge in [-0.25, -0.2) is 9.97 Å². The van der Waals surface area contributed by atoms with E-state index >= 15 is 0 Å². The van der Waals surface area contributed by atoms with Crippen molar-refractivity contribution >= 4 is 11.6 Å². The number of nitrogen functional groups attached to an aromatic ring is 1. The first-order valence-electron chi connectivity index (χ1n) is 12.0. The van der Waals surface area contributed by atoms with Crippen LogP contribution in [-0.4, -0.2) is 17.0 Å². The van der Waals surface area contributed by atoms with Crippen molar-refractivity contribution < 1.29 is 13.2 Å². The number of nitrogens with one attached hydrogen (secondary N) is 1.